The Balaban J connectivity index is 1.78. The number of methoxy groups -OCH3 is 2. The van der Waals surface area contributed by atoms with Gasteiger partial charge in [0.2, 0.25) is 11.8 Å². The first-order valence-corrected chi connectivity index (χ1v) is 10.0. The molecule has 1 heterocycles. The third-order valence-corrected chi connectivity index (χ3v) is 4.96. The van der Waals surface area contributed by atoms with Gasteiger partial charge in [0, 0.05) is 38.8 Å². The summed E-state index contributed by atoms with van der Waals surface area (Å²) in [6, 6.07) is 4.11. The number of nitrogens with zero attached hydrogens (tertiary/aromatic N) is 2. The van der Waals surface area contributed by atoms with E-state index < -0.39 is 0 Å². The Kier molecular flexibility index (Phi) is 8.72. The summed E-state index contributed by atoms with van der Waals surface area (Å²) in [5, 5.41) is 5.44. The topological polar surface area (TPSA) is 83.1 Å². The minimum Gasteiger partial charge on any atom is -0.493 e. The van der Waals surface area contributed by atoms with Crippen molar-refractivity contribution >= 4 is 11.8 Å². The molecule has 2 N–H and O–H groups in total. The first-order valence-electron chi connectivity index (χ1n) is 10.0. The van der Waals surface area contributed by atoms with Crippen molar-refractivity contribution in [3.63, 3.8) is 0 Å². The fraction of sp³-hybridized carbons (Fsp3) is 0.619. The molecule has 8 nitrogen and oxygen atoms in total. The highest BCUT2D eigenvalue weighted by molar-refractivity contribution is 5.85. The maximum atomic E-state index is 12.1. The van der Waals surface area contributed by atoms with Gasteiger partial charge in [-0.1, -0.05) is 0 Å². The lowest BCUT2D eigenvalue weighted by atomic mass is 10.1. The van der Waals surface area contributed by atoms with E-state index >= 15 is 0 Å². The minimum atomic E-state index is -0.163. The monoisotopic (exact) mass is 406 g/mol. The Morgan fingerprint density at radius 1 is 1.00 bits per heavy atom. The lowest BCUT2D eigenvalue weighted by Crippen LogP contribution is -2.50. The lowest BCUT2D eigenvalue weighted by Gasteiger charge is -2.34. The molecule has 0 aliphatic carbocycles. The van der Waals surface area contributed by atoms with Crippen molar-refractivity contribution in [2.45, 2.75) is 33.4 Å². The first-order chi connectivity index (χ1) is 13.8. The predicted molar refractivity (Wildman–Crippen MR) is 112 cm³/mol. The molecule has 0 spiro atoms. The zero-order chi connectivity index (χ0) is 21.4. The van der Waals surface area contributed by atoms with Crippen molar-refractivity contribution < 1.29 is 19.1 Å². The molecule has 1 aromatic rings. The van der Waals surface area contributed by atoms with E-state index in [2.05, 4.69) is 27.4 Å². The standard InChI is InChI=1S/C21H34N4O4/c1-15(2)23-20(26)12-22-21(27)14-25-8-6-24(7-9-25)13-17-11-19(29-5)18(28-4)10-16(17)3/h10-11,15H,6-9,12-14H2,1-5H3,(H,22,27)(H,23,26). The van der Waals surface area contributed by atoms with Crippen molar-refractivity contribution in [3.8, 4) is 11.5 Å². The van der Waals surface area contributed by atoms with Gasteiger partial charge in [0.05, 0.1) is 27.3 Å². The van der Waals surface area contributed by atoms with Gasteiger partial charge in [-0.15, -0.1) is 0 Å². The molecule has 1 aliphatic heterocycles. The van der Waals surface area contributed by atoms with Crippen molar-refractivity contribution in [2.75, 3.05) is 53.5 Å². The summed E-state index contributed by atoms with van der Waals surface area (Å²) in [6.45, 7) is 10.4. The summed E-state index contributed by atoms with van der Waals surface area (Å²) >= 11 is 0. The van der Waals surface area contributed by atoms with Gasteiger partial charge in [-0.25, -0.2) is 0 Å². The Labute approximate surface area is 173 Å². The van der Waals surface area contributed by atoms with Crippen LogP contribution in [0.15, 0.2) is 12.1 Å². The predicted octanol–water partition coefficient (Wildman–Crippen LogP) is 0.771. The summed E-state index contributed by atoms with van der Waals surface area (Å²) < 4.78 is 10.8. The fourth-order valence-electron chi connectivity index (χ4n) is 3.35. The van der Waals surface area contributed by atoms with E-state index in [4.69, 9.17) is 9.47 Å². The van der Waals surface area contributed by atoms with E-state index in [0.717, 1.165) is 44.2 Å². The third-order valence-electron chi connectivity index (χ3n) is 4.96. The molecule has 0 aromatic heterocycles. The van der Waals surface area contributed by atoms with Crippen LogP contribution in [-0.4, -0.2) is 81.1 Å². The van der Waals surface area contributed by atoms with Gasteiger partial charge in [0.1, 0.15) is 0 Å². The van der Waals surface area contributed by atoms with Crippen LogP contribution in [0.2, 0.25) is 0 Å². The molecule has 162 valence electrons. The summed E-state index contributed by atoms with van der Waals surface area (Å²) in [5.41, 5.74) is 2.38. The highest BCUT2D eigenvalue weighted by atomic mass is 16.5. The molecule has 29 heavy (non-hydrogen) atoms. The van der Waals surface area contributed by atoms with Crippen molar-refractivity contribution in [1.29, 1.82) is 0 Å². The van der Waals surface area contributed by atoms with Gasteiger partial charge in [-0.2, -0.15) is 0 Å². The largest absolute Gasteiger partial charge is 0.493 e. The molecule has 0 radical (unpaired) electrons. The summed E-state index contributed by atoms with van der Waals surface area (Å²) in [7, 11) is 3.29. The van der Waals surface area contributed by atoms with Crippen molar-refractivity contribution in [1.82, 2.24) is 20.4 Å². The van der Waals surface area contributed by atoms with Gasteiger partial charge in [-0.3, -0.25) is 19.4 Å². The highest BCUT2D eigenvalue weighted by Gasteiger charge is 2.20. The Hall–Kier alpha value is -2.32. The minimum absolute atomic E-state index is 0.0234. The van der Waals surface area contributed by atoms with Crippen LogP contribution in [0.3, 0.4) is 0 Å². The van der Waals surface area contributed by atoms with Gasteiger partial charge in [0.25, 0.3) is 0 Å². The molecule has 2 rings (SSSR count). The van der Waals surface area contributed by atoms with E-state index in [0.29, 0.717) is 6.54 Å². The zero-order valence-electron chi connectivity index (χ0n) is 18.2. The number of aryl methyl sites for hydroxylation is 1. The fourth-order valence-corrected chi connectivity index (χ4v) is 3.35. The quantitative estimate of drug-likeness (QED) is 0.630. The number of nitrogens with one attached hydrogen (secondary N) is 2. The molecule has 2 amide bonds. The molecule has 1 aromatic carbocycles. The average molecular weight is 407 g/mol. The van der Waals surface area contributed by atoms with Crippen LogP contribution >= 0.6 is 0 Å². The molecule has 8 heteroatoms. The second-order valence-electron chi connectivity index (χ2n) is 7.68. The number of piperazine rings is 1. The van der Waals surface area contributed by atoms with Crippen LogP contribution in [0.4, 0.5) is 0 Å². The molecular weight excluding hydrogens is 372 g/mol. The normalized spacial score (nSPS) is 15.2. The van der Waals surface area contributed by atoms with E-state index in [1.54, 1.807) is 14.2 Å². The molecule has 1 aliphatic rings. The van der Waals surface area contributed by atoms with Crippen LogP contribution in [0.5, 0.6) is 11.5 Å². The molecule has 0 unspecified atom stereocenters. The molecule has 0 saturated carbocycles. The van der Waals surface area contributed by atoms with Gasteiger partial charge < -0.3 is 20.1 Å². The average Bonchev–Trinajstić information content (AvgIpc) is 2.68. The summed E-state index contributed by atoms with van der Waals surface area (Å²) in [5.74, 6) is 1.20. The zero-order valence-corrected chi connectivity index (χ0v) is 18.2. The number of carbonyl (C=O) groups is 2. The number of carbonyl (C=O) groups excluding carboxylic acids is 2. The number of rotatable bonds is 9. The van der Waals surface area contributed by atoms with Crippen molar-refractivity contribution in [2.24, 2.45) is 0 Å². The molecule has 1 saturated heterocycles. The van der Waals surface area contributed by atoms with Crippen LogP contribution < -0.4 is 20.1 Å². The first kappa shape index (κ1) is 23.0. The molecule has 0 bridgehead atoms. The lowest BCUT2D eigenvalue weighted by molar-refractivity contribution is -0.127. The second-order valence-corrected chi connectivity index (χ2v) is 7.68. The number of benzene rings is 1. The molecule has 0 atom stereocenters. The Bertz CT molecular complexity index is 700. The van der Waals surface area contributed by atoms with E-state index in [1.807, 2.05) is 26.0 Å². The van der Waals surface area contributed by atoms with Crippen LogP contribution in [-0.2, 0) is 16.1 Å². The number of ether oxygens (including phenoxy) is 2. The summed E-state index contributed by atoms with van der Waals surface area (Å²) in [4.78, 5) is 28.2. The van der Waals surface area contributed by atoms with Crippen LogP contribution in [0.1, 0.15) is 25.0 Å². The maximum absolute atomic E-state index is 12.1. The van der Waals surface area contributed by atoms with E-state index in [9.17, 15) is 9.59 Å². The SMILES string of the molecule is COc1cc(C)c(CN2CCN(CC(=O)NCC(=O)NC(C)C)CC2)cc1OC. The highest BCUT2D eigenvalue weighted by Crippen LogP contribution is 2.30. The summed E-state index contributed by atoms with van der Waals surface area (Å²) in [6.07, 6.45) is 0. The number of amides is 2. The van der Waals surface area contributed by atoms with Gasteiger partial charge >= 0.3 is 0 Å². The molecular formula is C21H34N4O4. The second kappa shape index (κ2) is 11.0. The maximum Gasteiger partial charge on any atom is 0.239 e. The number of hydrogen-bond acceptors (Lipinski definition) is 6. The molecule has 1 fully saturated rings. The Morgan fingerprint density at radius 3 is 2.17 bits per heavy atom. The number of hydrogen-bond donors (Lipinski definition) is 2. The van der Waals surface area contributed by atoms with E-state index in [-0.39, 0.29) is 24.4 Å². The smallest absolute Gasteiger partial charge is 0.239 e. The van der Waals surface area contributed by atoms with Gasteiger partial charge in [-0.05, 0) is 44.0 Å². The van der Waals surface area contributed by atoms with Crippen molar-refractivity contribution in [3.05, 3.63) is 23.3 Å². The van der Waals surface area contributed by atoms with Gasteiger partial charge in [0.15, 0.2) is 11.5 Å². The van der Waals surface area contributed by atoms with Crippen LogP contribution in [0.25, 0.3) is 0 Å². The van der Waals surface area contributed by atoms with E-state index in [1.165, 1.54) is 11.1 Å². The third kappa shape index (κ3) is 7.21. The van der Waals surface area contributed by atoms with Crippen LogP contribution in [0, 0.1) is 6.92 Å². The Morgan fingerprint density at radius 2 is 1.59 bits per heavy atom.